The summed E-state index contributed by atoms with van der Waals surface area (Å²) in [5.74, 6) is 0.943. The van der Waals surface area contributed by atoms with E-state index >= 15 is 0 Å². The van der Waals surface area contributed by atoms with Gasteiger partial charge in [0.15, 0.2) is 0 Å². The predicted octanol–water partition coefficient (Wildman–Crippen LogP) is 5.36. The van der Waals surface area contributed by atoms with Crippen molar-refractivity contribution in [3.8, 4) is 5.75 Å². The van der Waals surface area contributed by atoms with Gasteiger partial charge in [-0.2, -0.15) is 0 Å². The Labute approximate surface area is 185 Å². The van der Waals surface area contributed by atoms with E-state index in [0.717, 1.165) is 48.0 Å². The van der Waals surface area contributed by atoms with Gasteiger partial charge in [-0.3, -0.25) is 4.79 Å². The summed E-state index contributed by atoms with van der Waals surface area (Å²) >= 11 is 0. The van der Waals surface area contributed by atoms with Gasteiger partial charge in [0.2, 0.25) is 0 Å². The fourth-order valence-corrected chi connectivity index (χ4v) is 4.28. The van der Waals surface area contributed by atoms with E-state index in [1.54, 1.807) is 4.90 Å². The molecule has 1 aliphatic heterocycles. The fourth-order valence-electron chi connectivity index (χ4n) is 4.28. The molecule has 4 nitrogen and oxygen atoms in total. The van der Waals surface area contributed by atoms with Crippen LogP contribution in [-0.4, -0.2) is 48.0 Å². The summed E-state index contributed by atoms with van der Waals surface area (Å²) in [6, 6.07) is 22.7. The number of hydrogen-bond acceptors (Lipinski definition) is 3. The maximum Gasteiger partial charge on any atom is 0.253 e. The van der Waals surface area contributed by atoms with Crippen LogP contribution in [0, 0.1) is 0 Å². The number of benzene rings is 3. The zero-order valence-corrected chi connectivity index (χ0v) is 18.8. The van der Waals surface area contributed by atoms with Crippen molar-refractivity contribution in [2.24, 2.45) is 0 Å². The number of piperidine rings is 1. The lowest BCUT2D eigenvalue weighted by Gasteiger charge is -2.34. The Hall–Kier alpha value is -2.85. The van der Waals surface area contributed by atoms with Gasteiger partial charge in [-0.15, -0.1) is 0 Å². The van der Waals surface area contributed by atoms with Crippen LogP contribution in [0.1, 0.15) is 42.6 Å². The SMILES string of the molecule is CC(C)N1CCC(Oc2ccc3cc(C(=O)N(C)Cc4ccccc4)ccc3c2)CC1. The maximum atomic E-state index is 12.9. The highest BCUT2D eigenvalue weighted by molar-refractivity contribution is 5.98. The lowest BCUT2D eigenvalue weighted by molar-refractivity contribution is 0.0785. The molecule has 1 amide bonds. The average molecular weight is 417 g/mol. The molecule has 0 radical (unpaired) electrons. The Bertz CT molecular complexity index is 1020. The molecule has 162 valence electrons. The van der Waals surface area contributed by atoms with Gasteiger partial charge in [0.05, 0.1) is 0 Å². The minimum absolute atomic E-state index is 0.0305. The molecule has 0 aromatic heterocycles. The van der Waals surface area contributed by atoms with Gasteiger partial charge >= 0.3 is 0 Å². The topological polar surface area (TPSA) is 32.8 Å². The number of nitrogens with zero attached hydrogens (tertiary/aromatic N) is 2. The third-order valence-electron chi connectivity index (χ3n) is 6.18. The number of carbonyl (C=O) groups is 1. The minimum atomic E-state index is 0.0305. The standard InChI is InChI=1S/C27H32N2O2/c1-20(2)29-15-13-25(14-16-29)31-26-12-11-22-17-24(10-9-23(22)18-26)27(30)28(3)19-21-7-5-4-6-8-21/h4-12,17-18,20,25H,13-16,19H2,1-3H3. The van der Waals surface area contributed by atoms with Gasteiger partial charge in [-0.05, 0) is 67.3 Å². The van der Waals surface area contributed by atoms with Crippen molar-refractivity contribution < 1.29 is 9.53 Å². The molecule has 1 aliphatic rings. The molecule has 0 N–H and O–H groups in total. The third kappa shape index (κ3) is 5.26. The van der Waals surface area contributed by atoms with Gasteiger partial charge in [0.25, 0.3) is 5.91 Å². The van der Waals surface area contributed by atoms with Crippen molar-refractivity contribution in [1.82, 2.24) is 9.80 Å². The molecule has 3 aromatic carbocycles. The van der Waals surface area contributed by atoms with Crippen LogP contribution in [0.2, 0.25) is 0 Å². The molecule has 1 saturated heterocycles. The second-order valence-corrected chi connectivity index (χ2v) is 8.82. The van der Waals surface area contributed by atoms with Crippen LogP contribution in [0.25, 0.3) is 10.8 Å². The van der Waals surface area contributed by atoms with Crippen molar-refractivity contribution in [2.45, 2.75) is 45.4 Å². The van der Waals surface area contributed by atoms with Crippen molar-refractivity contribution in [2.75, 3.05) is 20.1 Å². The Morgan fingerprint density at radius 1 is 1.00 bits per heavy atom. The highest BCUT2D eigenvalue weighted by Crippen LogP contribution is 2.26. The second kappa shape index (κ2) is 9.52. The smallest absolute Gasteiger partial charge is 0.253 e. The highest BCUT2D eigenvalue weighted by atomic mass is 16.5. The van der Waals surface area contributed by atoms with E-state index in [2.05, 4.69) is 30.9 Å². The fraction of sp³-hybridized carbons (Fsp3) is 0.370. The van der Waals surface area contributed by atoms with Crippen LogP contribution in [0.15, 0.2) is 66.7 Å². The molecule has 3 aromatic rings. The summed E-state index contributed by atoms with van der Waals surface area (Å²) in [6.07, 6.45) is 2.41. The molecule has 0 atom stereocenters. The summed E-state index contributed by atoms with van der Waals surface area (Å²) in [7, 11) is 1.85. The molecular weight excluding hydrogens is 384 g/mol. The first kappa shape index (κ1) is 21.4. The summed E-state index contributed by atoms with van der Waals surface area (Å²) in [5.41, 5.74) is 1.83. The predicted molar refractivity (Wildman–Crippen MR) is 127 cm³/mol. The maximum absolute atomic E-state index is 12.9. The number of ether oxygens (including phenoxy) is 1. The molecule has 1 heterocycles. The van der Waals surface area contributed by atoms with E-state index in [0.29, 0.717) is 18.2 Å². The van der Waals surface area contributed by atoms with Crippen LogP contribution in [0.4, 0.5) is 0 Å². The number of fused-ring (bicyclic) bond motifs is 1. The molecule has 4 heteroatoms. The van der Waals surface area contributed by atoms with Crippen LogP contribution in [-0.2, 0) is 6.54 Å². The normalized spacial score (nSPS) is 15.4. The minimum Gasteiger partial charge on any atom is -0.490 e. The number of hydrogen-bond donors (Lipinski definition) is 0. The number of rotatable bonds is 6. The van der Waals surface area contributed by atoms with E-state index < -0.39 is 0 Å². The van der Waals surface area contributed by atoms with E-state index in [4.69, 9.17) is 4.74 Å². The summed E-state index contributed by atoms with van der Waals surface area (Å²) < 4.78 is 6.27. The first-order chi connectivity index (χ1) is 15.0. The van der Waals surface area contributed by atoms with Gasteiger partial charge in [-0.1, -0.05) is 42.5 Å². The zero-order chi connectivity index (χ0) is 21.8. The monoisotopic (exact) mass is 416 g/mol. The van der Waals surface area contributed by atoms with Crippen molar-refractivity contribution in [3.05, 3.63) is 77.9 Å². The first-order valence-electron chi connectivity index (χ1n) is 11.2. The van der Waals surface area contributed by atoms with Gasteiger partial charge in [0, 0.05) is 38.3 Å². The van der Waals surface area contributed by atoms with E-state index in [1.165, 1.54) is 0 Å². The number of carbonyl (C=O) groups excluding carboxylic acids is 1. The molecule has 4 rings (SSSR count). The molecule has 31 heavy (non-hydrogen) atoms. The van der Waals surface area contributed by atoms with Crippen molar-refractivity contribution in [3.63, 3.8) is 0 Å². The van der Waals surface area contributed by atoms with Crippen LogP contribution in [0.3, 0.4) is 0 Å². The largest absolute Gasteiger partial charge is 0.490 e. The van der Waals surface area contributed by atoms with Crippen LogP contribution in [0.5, 0.6) is 5.75 Å². The molecule has 1 fully saturated rings. The van der Waals surface area contributed by atoms with Gasteiger partial charge in [-0.25, -0.2) is 0 Å². The zero-order valence-electron chi connectivity index (χ0n) is 18.8. The molecule has 0 aliphatic carbocycles. The third-order valence-corrected chi connectivity index (χ3v) is 6.18. The summed E-state index contributed by atoms with van der Waals surface area (Å²) in [5, 5.41) is 2.15. The first-order valence-corrected chi connectivity index (χ1v) is 11.2. The molecular formula is C27H32N2O2. The summed E-state index contributed by atoms with van der Waals surface area (Å²) in [4.78, 5) is 17.2. The lowest BCUT2D eigenvalue weighted by atomic mass is 10.0. The Morgan fingerprint density at radius 3 is 2.39 bits per heavy atom. The highest BCUT2D eigenvalue weighted by Gasteiger charge is 2.22. The summed E-state index contributed by atoms with van der Waals surface area (Å²) in [6.45, 7) is 7.29. The Kier molecular flexibility index (Phi) is 6.57. The second-order valence-electron chi connectivity index (χ2n) is 8.82. The lowest BCUT2D eigenvalue weighted by Crippen LogP contribution is -2.41. The average Bonchev–Trinajstić information content (AvgIpc) is 2.79. The Balaban J connectivity index is 1.41. The van der Waals surface area contributed by atoms with Gasteiger partial charge < -0.3 is 14.5 Å². The van der Waals surface area contributed by atoms with E-state index in [9.17, 15) is 4.79 Å². The molecule has 0 saturated carbocycles. The van der Waals surface area contributed by atoms with Crippen molar-refractivity contribution in [1.29, 1.82) is 0 Å². The Morgan fingerprint density at radius 2 is 1.68 bits per heavy atom. The van der Waals surface area contributed by atoms with Crippen LogP contribution >= 0.6 is 0 Å². The van der Waals surface area contributed by atoms with E-state index in [1.807, 2.05) is 61.6 Å². The van der Waals surface area contributed by atoms with Gasteiger partial charge in [0.1, 0.15) is 11.9 Å². The van der Waals surface area contributed by atoms with Crippen molar-refractivity contribution >= 4 is 16.7 Å². The van der Waals surface area contributed by atoms with E-state index in [-0.39, 0.29) is 12.0 Å². The molecule has 0 bridgehead atoms. The number of amides is 1. The number of likely N-dealkylation sites (tertiary alicyclic amines) is 1. The van der Waals surface area contributed by atoms with Crippen LogP contribution < -0.4 is 4.74 Å². The quantitative estimate of drug-likeness (QED) is 0.542. The molecule has 0 spiro atoms. The molecule has 0 unspecified atom stereocenters.